The predicted molar refractivity (Wildman–Crippen MR) is 85.5 cm³/mol. The average Bonchev–Trinajstić information content (AvgIpc) is 2.37. The molecule has 0 heterocycles. The van der Waals surface area contributed by atoms with Gasteiger partial charge < -0.3 is 5.32 Å². The molecule has 1 aromatic rings. The monoisotopic (exact) mass is 261 g/mol. The van der Waals surface area contributed by atoms with Gasteiger partial charge in [-0.05, 0) is 56.6 Å². The standard InChI is InChI=1S/C18H31N/c1-5-14-19-16(2)15-18(3,4)13-9-12-17-10-7-6-8-11-17/h6-8,10-11,16,19H,5,9,12-15H2,1-4H3. The minimum absolute atomic E-state index is 0.439. The van der Waals surface area contributed by atoms with Crippen LogP contribution in [0.3, 0.4) is 0 Å². The van der Waals surface area contributed by atoms with Gasteiger partial charge in [-0.3, -0.25) is 0 Å². The summed E-state index contributed by atoms with van der Waals surface area (Å²) in [6, 6.07) is 11.5. The van der Waals surface area contributed by atoms with Gasteiger partial charge in [0.1, 0.15) is 0 Å². The van der Waals surface area contributed by atoms with E-state index >= 15 is 0 Å². The Balaban J connectivity index is 2.26. The van der Waals surface area contributed by atoms with E-state index in [1.54, 1.807) is 0 Å². The van der Waals surface area contributed by atoms with Crippen LogP contribution in [-0.4, -0.2) is 12.6 Å². The molecule has 108 valence electrons. The molecule has 1 rings (SSSR count). The molecule has 1 N–H and O–H groups in total. The lowest BCUT2D eigenvalue weighted by Gasteiger charge is -2.28. The molecule has 0 aliphatic rings. The minimum Gasteiger partial charge on any atom is -0.314 e. The van der Waals surface area contributed by atoms with Crippen LogP contribution in [0.25, 0.3) is 0 Å². The molecular formula is C18H31N. The van der Waals surface area contributed by atoms with Gasteiger partial charge in [0.15, 0.2) is 0 Å². The summed E-state index contributed by atoms with van der Waals surface area (Å²) in [5.74, 6) is 0. The highest BCUT2D eigenvalue weighted by Crippen LogP contribution is 2.29. The van der Waals surface area contributed by atoms with Gasteiger partial charge in [0, 0.05) is 6.04 Å². The van der Waals surface area contributed by atoms with Crippen LogP contribution in [0.5, 0.6) is 0 Å². The summed E-state index contributed by atoms with van der Waals surface area (Å²) in [5, 5.41) is 3.60. The average molecular weight is 261 g/mol. The lowest BCUT2D eigenvalue weighted by atomic mass is 9.81. The van der Waals surface area contributed by atoms with Crippen molar-refractivity contribution in [1.82, 2.24) is 5.32 Å². The van der Waals surface area contributed by atoms with E-state index in [4.69, 9.17) is 0 Å². The number of aryl methyl sites for hydroxylation is 1. The molecule has 1 nitrogen and oxygen atoms in total. The summed E-state index contributed by atoms with van der Waals surface area (Å²) in [6.07, 6.45) is 6.29. The van der Waals surface area contributed by atoms with E-state index in [9.17, 15) is 0 Å². The van der Waals surface area contributed by atoms with Crippen LogP contribution in [0.2, 0.25) is 0 Å². The molecule has 0 saturated carbocycles. The molecular weight excluding hydrogens is 230 g/mol. The molecule has 0 fully saturated rings. The zero-order chi connectivity index (χ0) is 14.1. The van der Waals surface area contributed by atoms with Gasteiger partial charge in [-0.25, -0.2) is 0 Å². The topological polar surface area (TPSA) is 12.0 Å². The first-order chi connectivity index (χ1) is 9.03. The molecule has 0 aliphatic carbocycles. The fraction of sp³-hybridized carbons (Fsp3) is 0.667. The molecule has 1 unspecified atom stereocenters. The fourth-order valence-corrected chi connectivity index (χ4v) is 2.81. The zero-order valence-corrected chi connectivity index (χ0v) is 13.2. The van der Waals surface area contributed by atoms with Gasteiger partial charge in [0.05, 0.1) is 0 Å². The van der Waals surface area contributed by atoms with Crippen LogP contribution >= 0.6 is 0 Å². The van der Waals surface area contributed by atoms with Crippen LogP contribution < -0.4 is 5.32 Å². The summed E-state index contributed by atoms with van der Waals surface area (Å²) < 4.78 is 0. The molecule has 0 radical (unpaired) electrons. The zero-order valence-electron chi connectivity index (χ0n) is 13.2. The van der Waals surface area contributed by atoms with Crippen molar-refractivity contribution in [3.63, 3.8) is 0 Å². The first-order valence-corrected chi connectivity index (χ1v) is 7.81. The molecule has 19 heavy (non-hydrogen) atoms. The van der Waals surface area contributed by atoms with Crippen LogP contribution in [0.1, 0.15) is 58.9 Å². The predicted octanol–water partition coefficient (Wildman–Crippen LogP) is 4.81. The van der Waals surface area contributed by atoms with E-state index in [0.717, 1.165) is 6.54 Å². The Bertz CT molecular complexity index is 329. The Hall–Kier alpha value is -0.820. The molecule has 0 aliphatic heterocycles. The van der Waals surface area contributed by atoms with Crippen molar-refractivity contribution >= 4 is 0 Å². The van der Waals surface area contributed by atoms with Gasteiger partial charge >= 0.3 is 0 Å². The summed E-state index contributed by atoms with van der Waals surface area (Å²) in [4.78, 5) is 0. The maximum absolute atomic E-state index is 3.60. The van der Waals surface area contributed by atoms with Crippen LogP contribution in [0.4, 0.5) is 0 Å². The van der Waals surface area contributed by atoms with Crippen molar-refractivity contribution in [2.45, 2.75) is 65.8 Å². The van der Waals surface area contributed by atoms with E-state index in [1.165, 1.54) is 37.7 Å². The Kier molecular flexibility index (Phi) is 7.15. The van der Waals surface area contributed by atoms with E-state index in [-0.39, 0.29) is 0 Å². The molecule has 0 spiro atoms. The van der Waals surface area contributed by atoms with Crippen molar-refractivity contribution < 1.29 is 0 Å². The molecule has 0 aromatic heterocycles. The third-order valence-corrected chi connectivity index (χ3v) is 3.76. The Morgan fingerprint density at radius 3 is 2.47 bits per heavy atom. The van der Waals surface area contributed by atoms with E-state index in [0.29, 0.717) is 11.5 Å². The van der Waals surface area contributed by atoms with E-state index < -0.39 is 0 Å². The van der Waals surface area contributed by atoms with E-state index in [1.807, 2.05) is 0 Å². The van der Waals surface area contributed by atoms with Gasteiger partial charge in [0.2, 0.25) is 0 Å². The maximum Gasteiger partial charge on any atom is 0.00438 e. The second-order valence-electron chi connectivity index (χ2n) is 6.56. The first kappa shape index (κ1) is 16.2. The highest BCUT2D eigenvalue weighted by Gasteiger charge is 2.20. The lowest BCUT2D eigenvalue weighted by Crippen LogP contribution is -2.31. The number of benzene rings is 1. The molecule has 1 heteroatoms. The summed E-state index contributed by atoms with van der Waals surface area (Å²) in [6.45, 7) is 10.5. The highest BCUT2D eigenvalue weighted by molar-refractivity contribution is 5.14. The third kappa shape index (κ3) is 7.37. The number of hydrogen-bond acceptors (Lipinski definition) is 1. The molecule has 1 atom stereocenters. The fourth-order valence-electron chi connectivity index (χ4n) is 2.81. The van der Waals surface area contributed by atoms with Crippen molar-refractivity contribution in [2.24, 2.45) is 5.41 Å². The Morgan fingerprint density at radius 2 is 1.84 bits per heavy atom. The molecule has 1 aromatic carbocycles. The van der Waals surface area contributed by atoms with E-state index in [2.05, 4.69) is 63.3 Å². The van der Waals surface area contributed by atoms with Crippen LogP contribution in [0.15, 0.2) is 30.3 Å². The maximum atomic E-state index is 3.60. The summed E-state index contributed by atoms with van der Waals surface area (Å²) in [7, 11) is 0. The summed E-state index contributed by atoms with van der Waals surface area (Å²) in [5.41, 5.74) is 1.91. The number of nitrogens with one attached hydrogen (secondary N) is 1. The van der Waals surface area contributed by atoms with Gasteiger partial charge in [-0.1, -0.05) is 51.1 Å². The largest absolute Gasteiger partial charge is 0.314 e. The van der Waals surface area contributed by atoms with Crippen LogP contribution in [0, 0.1) is 5.41 Å². The van der Waals surface area contributed by atoms with Crippen molar-refractivity contribution in [2.75, 3.05) is 6.54 Å². The van der Waals surface area contributed by atoms with Gasteiger partial charge in [-0.2, -0.15) is 0 Å². The normalized spacial score (nSPS) is 13.5. The molecule has 0 bridgehead atoms. The number of rotatable bonds is 9. The van der Waals surface area contributed by atoms with Crippen molar-refractivity contribution in [1.29, 1.82) is 0 Å². The highest BCUT2D eigenvalue weighted by atomic mass is 14.9. The number of hydrogen-bond donors (Lipinski definition) is 1. The Labute approximate surface area is 119 Å². The van der Waals surface area contributed by atoms with Gasteiger partial charge in [-0.15, -0.1) is 0 Å². The van der Waals surface area contributed by atoms with Crippen molar-refractivity contribution in [3.05, 3.63) is 35.9 Å². The van der Waals surface area contributed by atoms with Gasteiger partial charge in [0.25, 0.3) is 0 Å². The quantitative estimate of drug-likeness (QED) is 0.672. The third-order valence-electron chi connectivity index (χ3n) is 3.76. The Morgan fingerprint density at radius 1 is 1.16 bits per heavy atom. The first-order valence-electron chi connectivity index (χ1n) is 7.81. The van der Waals surface area contributed by atoms with Crippen LogP contribution in [-0.2, 0) is 6.42 Å². The van der Waals surface area contributed by atoms with Crippen molar-refractivity contribution in [3.8, 4) is 0 Å². The smallest absolute Gasteiger partial charge is 0.00438 e. The SMILES string of the molecule is CCCNC(C)CC(C)(C)CCCc1ccccc1. The second-order valence-corrected chi connectivity index (χ2v) is 6.56. The lowest BCUT2D eigenvalue weighted by molar-refractivity contribution is 0.262. The molecule has 0 saturated heterocycles. The second kappa shape index (κ2) is 8.37. The summed E-state index contributed by atoms with van der Waals surface area (Å²) >= 11 is 0. The minimum atomic E-state index is 0.439. The molecule has 0 amide bonds.